The minimum absolute atomic E-state index is 0.317. The number of hydrogen-bond donors (Lipinski definition) is 2. The molecule has 40 heavy (non-hydrogen) atoms. The van der Waals surface area contributed by atoms with Crippen LogP contribution in [0.5, 0.6) is 0 Å². The summed E-state index contributed by atoms with van der Waals surface area (Å²) in [5.41, 5.74) is -0.762. The first-order valence-electron chi connectivity index (χ1n) is 12.3. The Morgan fingerprint density at radius 1 is 0.750 bits per heavy atom. The summed E-state index contributed by atoms with van der Waals surface area (Å²) >= 11 is 15.0. The van der Waals surface area contributed by atoms with Crippen molar-refractivity contribution < 1.29 is 0 Å². The van der Waals surface area contributed by atoms with E-state index in [-0.39, 0.29) is 0 Å². The lowest BCUT2D eigenvalue weighted by molar-refractivity contribution is 0.739. The number of allylic oxidation sites excluding steroid dienone is 4. The average Bonchev–Trinajstić information content (AvgIpc) is 3.44. The molecule has 12 nitrogen and oxygen atoms in total. The fraction of sp³-hybridized carbons (Fsp3) is 0.417. The highest BCUT2D eigenvalue weighted by Gasteiger charge is 2.18. The van der Waals surface area contributed by atoms with Gasteiger partial charge in [-0.1, -0.05) is 58.9 Å². The van der Waals surface area contributed by atoms with Gasteiger partial charge in [-0.2, -0.15) is 0 Å². The highest BCUT2D eigenvalue weighted by atomic mass is 35.5. The molecule has 0 aliphatic carbocycles. The van der Waals surface area contributed by atoms with Gasteiger partial charge in [-0.05, 0) is 26.7 Å². The first-order valence-corrected chi connectivity index (χ1v) is 15.0. The third kappa shape index (κ3) is 6.35. The van der Waals surface area contributed by atoms with Crippen molar-refractivity contribution in [2.45, 2.75) is 50.1 Å². The summed E-state index contributed by atoms with van der Waals surface area (Å²) in [5.74, 6) is 1.44. The van der Waals surface area contributed by atoms with Crippen molar-refractivity contribution in [1.82, 2.24) is 38.2 Å². The number of unbranched alkanes of at least 4 members (excludes halogenated alkanes) is 1. The van der Waals surface area contributed by atoms with Crippen LogP contribution in [0.25, 0.3) is 22.3 Å². The number of H-pyrrole nitrogens is 2. The van der Waals surface area contributed by atoms with Crippen LogP contribution in [0, 0.1) is 0 Å². The van der Waals surface area contributed by atoms with Gasteiger partial charge in [0.25, 0.3) is 11.1 Å². The van der Waals surface area contributed by atoms with E-state index in [0.717, 1.165) is 24.3 Å². The van der Waals surface area contributed by atoms with Gasteiger partial charge in [0.2, 0.25) is 0 Å². The summed E-state index contributed by atoms with van der Waals surface area (Å²) in [4.78, 5) is 63.1. The van der Waals surface area contributed by atoms with Crippen LogP contribution in [-0.2, 0) is 27.2 Å². The van der Waals surface area contributed by atoms with E-state index in [9.17, 15) is 19.2 Å². The average molecular weight is 628 g/mol. The largest absolute Gasteiger partial charge is 0.329 e. The van der Waals surface area contributed by atoms with Gasteiger partial charge in [0.1, 0.15) is 0 Å². The quantitative estimate of drug-likeness (QED) is 0.191. The number of aromatic amines is 2. The van der Waals surface area contributed by atoms with Crippen LogP contribution < -0.4 is 22.5 Å². The van der Waals surface area contributed by atoms with E-state index in [2.05, 4.69) is 19.9 Å². The molecule has 0 spiro atoms. The number of aryl methyl sites for hydroxylation is 2. The van der Waals surface area contributed by atoms with Crippen LogP contribution in [0.2, 0.25) is 0 Å². The van der Waals surface area contributed by atoms with Crippen molar-refractivity contribution in [2.24, 2.45) is 14.1 Å². The number of thioether (sulfide) groups is 2. The van der Waals surface area contributed by atoms with E-state index in [4.69, 9.17) is 23.2 Å². The second-order valence-electron chi connectivity index (χ2n) is 8.98. The van der Waals surface area contributed by atoms with Crippen LogP contribution in [-0.4, -0.2) is 49.7 Å². The van der Waals surface area contributed by atoms with Crippen molar-refractivity contribution in [1.29, 1.82) is 0 Å². The summed E-state index contributed by atoms with van der Waals surface area (Å²) in [5, 5.41) is 2.41. The third-order valence-corrected chi connectivity index (χ3v) is 8.49. The third-order valence-electron chi connectivity index (χ3n) is 6.06. The lowest BCUT2D eigenvalue weighted by atomic mass is 10.4. The molecular weight excluding hydrogens is 599 g/mol. The Balaban J connectivity index is 1.47. The van der Waals surface area contributed by atoms with Crippen molar-refractivity contribution in [3.63, 3.8) is 0 Å². The first kappa shape index (κ1) is 30.0. The molecule has 0 unspecified atom stereocenters. The maximum atomic E-state index is 12.6. The normalized spacial score (nSPS) is 12.8. The molecule has 0 aromatic carbocycles. The molecular formula is C24H28Cl2N8O4S2. The second kappa shape index (κ2) is 12.7. The Morgan fingerprint density at radius 2 is 1.12 bits per heavy atom. The van der Waals surface area contributed by atoms with Crippen molar-refractivity contribution in [2.75, 3.05) is 11.5 Å². The molecule has 214 valence electrons. The van der Waals surface area contributed by atoms with E-state index >= 15 is 0 Å². The predicted octanol–water partition coefficient (Wildman–Crippen LogP) is 3.11. The number of rotatable bonds is 11. The zero-order valence-corrected chi connectivity index (χ0v) is 25.4. The molecule has 2 N–H and O–H groups in total. The van der Waals surface area contributed by atoms with Gasteiger partial charge in [-0.15, -0.1) is 0 Å². The number of imidazole rings is 2. The maximum absolute atomic E-state index is 12.6. The maximum Gasteiger partial charge on any atom is 0.329 e. The van der Waals surface area contributed by atoms with Gasteiger partial charge >= 0.3 is 11.4 Å². The number of hydrogen-bond acceptors (Lipinski definition) is 8. The zero-order valence-electron chi connectivity index (χ0n) is 22.3. The Hall–Kier alpha value is -2.94. The smallest absolute Gasteiger partial charge is 0.309 e. The number of nitrogens with zero attached hydrogens (tertiary/aromatic N) is 6. The van der Waals surface area contributed by atoms with Crippen molar-refractivity contribution in [3.8, 4) is 0 Å². The van der Waals surface area contributed by atoms with Gasteiger partial charge < -0.3 is 9.13 Å². The summed E-state index contributed by atoms with van der Waals surface area (Å²) in [7, 11) is 3.13. The first-order chi connectivity index (χ1) is 19.0. The fourth-order valence-corrected chi connectivity index (χ4v) is 6.10. The lowest BCUT2D eigenvalue weighted by Crippen LogP contribution is -2.29. The van der Waals surface area contributed by atoms with E-state index in [1.807, 2.05) is 0 Å². The van der Waals surface area contributed by atoms with Crippen LogP contribution in [0.3, 0.4) is 0 Å². The lowest BCUT2D eigenvalue weighted by Gasteiger charge is -2.07. The summed E-state index contributed by atoms with van der Waals surface area (Å²) in [6.45, 7) is 4.20. The molecule has 0 aliphatic rings. The van der Waals surface area contributed by atoms with Gasteiger partial charge in [0, 0.05) is 48.8 Å². The molecule has 0 radical (unpaired) electrons. The van der Waals surface area contributed by atoms with E-state index in [1.165, 1.54) is 32.7 Å². The van der Waals surface area contributed by atoms with Gasteiger partial charge in [-0.3, -0.25) is 28.7 Å². The zero-order chi connectivity index (χ0) is 29.1. The molecule has 0 saturated carbocycles. The molecule has 4 aromatic heterocycles. The molecule has 0 amide bonds. The van der Waals surface area contributed by atoms with Crippen LogP contribution in [0.15, 0.2) is 51.7 Å². The van der Waals surface area contributed by atoms with Crippen molar-refractivity contribution in [3.05, 3.63) is 63.9 Å². The summed E-state index contributed by atoms with van der Waals surface area (Å²) < 4.78 is 6.16. The minimum Gasteiger partial charge on any atom is -0.309 e. The molecule has 16 heteroatoms. The molecule has 0 fully saturated rings. The number of aromatic nitrogens is 8. The summed E-state index contributed by atoms with van der Waals surface area (Å²) in [6.07, 6.45) is 5.23. The van der Waals surface area contributed by atoms with Crippen LogP contribution in [0.1, 0.15) is 26.7 Å². The monoisotopic (exact) mass is 626 g/mol. The molecule has 4 rings (SSSR count). The fourth-order valence-electron chi connectivity index (χ4n) is 3.95. The molecule has 0 bridgehead atoms. The molecule has 4 aromatic rings. The van der Waals surface area contributed by atoms with Gasteiger partial charge in [0.15, 0.2) is 32.6 Å². The molecule has 0 atom stereocenters. The number of halogens is 2. The molecule has 4 heterocycles. The Morgan fingerprint density at radius 3 is 1.48 bits per heavy atom. The second-order valence-corrected chi connectivity index (χ2v) is 12.3. The van der Waals surface area contributed by atoms with E-state index < -0.39 is 22.5 Å². The van der Waals surface area contributed by atoms with Gasteiger partial charge in [-0.25, -0.2) is 19.6 Å². The van der Waals surface area contributed by atoms with Crippen LogP contribution >= 0.6 is 46.7 Å². The SMILES string of the molecule is C/C(Cl)=C\Cn1c(SCCCCSc2nc3c(c(=O)[nH]c(=O)n3C)n2C/C=C(\C)Cl)nc2c1c(=O)[nH]c(=O)n2C. The van der Waals surface area contributed by atoms with Crippen LogP contribution in [0.4, 0.5) is 0 Å². The standard InChI is InChI=1S/C24H28Cl2N8O4S2/c1-13(25)7-9-33-15-17(31(3)21(37)29-19(15)35)27-23(33)39-11-5-6-12-40-24-28-18-16(34(24)10-8-14(2)26)20(36)30-22(38)32(18)4/h7-8H,5-6,9-12H2,1-4H3,(H,29,35,37)(H,30,36,38)/b13-7+,14-8+. The number of fused-ring (bicyclic) bond motifs is 2. The topological polar surface area (TPSA) is 145 Å². The predicted molar refractivity (Wildman–Crippen MR) is 161 cm³/mol. The number of nitrogens with one attached hydrogen (secondary N) is 2. The Labute approximate surface area is 246 Å². The highest BCUT2D eigenvalue weighted by Crippen LogP contribution is 2.26. The van der Waals surface area contributed by atoms with E-state index in [1.54, 1.807) is 49.2 Å². The Kier molecular flexibility index (Phi) is 9.54. The highest BCUT2D eigenvalue weighted by molar-refractivity contribution is 7.99. The van der Waals surface area contributed by atoms with E-state index in [0.29, 0.717) is 55.8 Å². The molecule has 0 saturated heterocycles. The molecule has 0 aliphatic heterocycles. The minimum atomic E-state index is -0.524. The van der Waals surface area contributed by atoms with Crippen molar-refractivity contribution >= 4 is 69.1 Å². The Bertz CT molecular complexity index is 1730. The van der Waals surface area contributed by atoms with Gasteiger partial charge in [0.05, 0.1) is 0 Å². The summed E-state index contributed by atoms with van der Waals surface area (Å²) in [6, 6.07) is 0.